The fourth-order valence-corrected chi connectivity index (χ4v) is 5.45. The van der Waals surface area contributed by atoms with Crippen molar-refractivity contribution in [3.05, 3.63) is 69.5 Å². The molecule has 3 rings (SSSR count). The van der Waals surface area contributed by atoms with Crippen LogP contribution in [0, 0.1) is 5.41 Å². The minimum Gasteiger partial charge on any atom is -0.285 e. The van der Waals surface area contributed by atoms with Gasteiger partial charge in [-0.15, -0.1) is 0 Å². The molecular weight excluding hydrogens is 407 g/mol. The molecule has 0 bridgehead atoms. The van der Waals surface area contributed by atoms with Crippen LogP contribution in [-0.2, 0) is 16.5 Å². The fraction of sp³-hybridized carbons (Fsp3) is 0.316. The molecule has 0 saturated heterocycles. The Kier molecular flexibility index (Phi) is 5.06. The molecule has 5 nitrogen and oxygen atoms in total. The van der Waals surface area contributed by atoms with Gasteiger partial charge in [0.1, 0.15) is 4.75 Å². The number of hydrogen-bond acceptors (Lipinski definition) is 3. The topological polar surface area (TPSA) is 83.0 Å². The fourth-order valence-electron chi connectivity index (χ4n) is 3.72. The molecule has 8 heteroatoms. The van der Waals surface area contributed by atoms with Crippen LogP contribution in [0.3, 0.4) is 0 Å². The zero-order valence-electron chi connectivity index (χ0n) is 15.1. The van der Waals surface area contributed by atoms with E-state index in [9.17, 15) is 13.0 Å². The van der Waals surface area contributed by atoms with E-state index in [1.165, 1.54) is 0 Å². The van der Waals surface area contributed by atoms with E-state index in [0.717, 1.165) is 0 Å². The van der Waals surface area contributed by atoms with E-state index < -0.39 is 20.3 Å². The maximum absolute atomic E-state index is 12.8. The first-order chi connectivity index (χ1) is 12.5. The zero-order valence-corrected chi connectivity index (χ0v) is 17.5. The summed E-state index contributed by atoms with van der Waals surface area (Å²) in [5.41, 5.74) is 1.66. The molecule has 144 valence electrons. The van der Waals surface area contributed by atoms with Gasteiger partial charge in [0, 0.05) is 33.7 Å². The van der Waals surface area contributed by atoms with Crippen LogP contribution in [-0.4, -0.2) is 27.9 Å². The highest BCUT2D eigenvalue weighted by Gasteiger charge is 2.51. The Bertz CT molecular complexity index is 1040. The lowest BCUT2D eigenvalue weighted by atomic mass is 9.72. The lowest BCUT2D eigenvalue weighted by molar-refractivity contribution is 0.454. The van der Waals surface area contributed by atoms with Gasteiger partial charge in [0.2, 0.25) is 0 Å². The molecule has 1 heterocycles. The third-order valence-corrected chi connectivity index (χ3v) is 7.02. The number of nitrogens with zero attached hydrogens (tertiary/aromatic N) is 1. The summed E-state index contributed by atoms with van der Waals surface area (Å²) >= 11 is 12.3. The summed E-state index contributed by atoms with van der Waals surface area (Å²) in [6.45, 7) is 5.65. The average molecular weight is 427 g/mol. The van der Waals surface area contributed by atoms with Gasteiger partial charge in [-0.25, -0.2) is 0 Å². The van der Waals surface area contributed by atoms with Crippen molar-refractivity contribution in [1.29, 1.82) is 0 Å². The van der Waals surface area contributed by atoms with E-state index in [-0.39, 0.29) is 6.42 Å². The summed E-state index contributed by atoms with van der Waals surface area (Å²) in [4.78, 5) is 0. The largest absolute Gasteiger partial charge is 0.285 e. The molecule has 27 heavy (non-hydrogen) atoms. The smallest absolute Gasteiger partial charge is 0.279 e. The molecule has 1 unspecified atom stereocenters. The molecular formula is C19H20Cl2N2O3S. The number of benzene rings is 1. The molecule has 0 radical (unpaired) electrons. The molecule has 1 atom stereocenters. The van der Waals surface area contributed by atoms with Gasteiger partial charge in [0.15, 0.2) is 0 Å². The maximum Gasteiger partial charge on any atom is 0.279 e. The number of H-pyrrole nitrogens is 1. The van der Waals surface area contributed by atoms with Crippen molar-refractivity contribution < 1.29 is 13.0 Å². The van der Waals surface area contributed by atoms with Crippen LogP contribution in [0.15, 0.2) is 48.2 Å². The normalized spacial score (nSPS) is 22.3. The van der Waals surface area contributed by atoms with Crippen LogP contribution in [0.25, 0.3) is 5.57 Å². The monoisotopic (exact) mass is 426 g/mol. The van der Waals surface area contributed by atoms with Crippen molar-refractivity contribution in [3.8, 4) is 0 Å². The second-order valence-electron chi connectivity index (χ2n) is 7.39. The van der Waals surface area contributed by atoms with Crippen LogP contribution in [0.1, 0.15) is 32.0 Å². The summed E-state index contributed by atoms with van der Waals surface area (Å²) in [5, 5.41) is 7.57. The summed E-state index contributed by atoms with van der Waals surface area (Å²) < 4.78 is 34.3. The lowest BCUT2D eigenvalue weighted by Gasteiger charge is -2.40. The van der Waals surface area contributed by atoms with E-state index in [2.05, 4.69) is 10.2 Å². The summed E-state index contributed by atoms with van der Waals surface area (Å²) in [7, 11) is -4.56. The van der Waals surface area contributed by atoms with E-state index in [0.29, 0.717) is 32.4 Å². The zero-order chi connectivity index (χ0) is 20.0. The molecule has 0 spiro atoms. The number of hydrogen-bond donors (Lipinski definition) is 2. The second kappa shape index (κ2) is 6.78. The van der Waals surface area contributed by atoms with E-state index >= 15 is 0 Å². The van der Waals surface area contributed by atoms with Gasteiger partial charge in [-0.2, -0.15) is 13.5 Å². The van der Waals surface area contributed by atoms with Crippen molar-refractivity contribution >= 4 is 38.9 Å². The van der Waals surface area contributed by atoms with Crippen LogP contribution < -0.4 is 0 Å². The highest BCUT2D eigenvalue weighted by atomic mass is 35.5. The van der Waals surface area contributed by atoms with Crippen molar-refractivity contribution in [2.75, 3.05) is 0 Å². The molecule has 1 aliphatic carbocycles. The molecule has 1 aliphatic rings. The first-order valence-electron chi connectivity index (χ1n) is 8.30. The highest BCUT2D eigenvalue weighted by molar-refractivity contribution is 7.88. The van der Waals surface area contributed by atoms with Crippen LogP contribution >= 0.6 is 23.2 Å². The van der Waals surface area contributed by atoms with Crippen molar-refractivity contribution in [2.45, 2.75) is 31.9 Å². The van der Waals surface area contributed by atoms with E-state index in [1.54, 1.807) is 37.4 Å². The Morgan fingerprint density at radius 1 is 1.19 bits per heavy atom. The number of aromatic amines is 1. The molecule has 0 amide bonds. The Morgan fingerprint density at radius 3 is 2.44 bits per heavy atom. The van der Waals surface area contributed by atoms with Gasteiger partial charge in [0.05, 0.1) is 5.69 Å². The third kappa shape index (κ3) is 3.59. The number of allylic oxidation sites excluding steroid dienone is 2. The predicted octanol–water partition coefficient (Wildman–Crippen LogP) is 4.96. The van der Waals surface area contributed by atoms with Gasteiger partial charge in [-0.05, 0) is 36.3 Å². The van der Waals surface area contributed by atoms with Crippen molar-refractivity contribution in [3.63, 3.8) is 0 Å². The summed E-state index contributed by atoms with van der Waals surface area (Å²) in [6, 6.07) is 6.56. The van der Waals surface area contributed by atoms with Crippen molar-refractivity contribution in [1.82, 2.24) is 10.2 Å². The number of halogens is 2. The number of rotatable bonds is 4. The average Bonchev–Trinajstić information content (AvgIpc) is 3.04. The van der Waals surface area contributed by atoms with Gasteiger partial charge >= 0.3 is 0 Å². The molecule has 1 aromatic carbocycles. The van der Waals surface area contributed by atoms with Gasteiger partial charge < -0.3 is 0 Å². The minimum absolute atomic E-state index is 0.0366. The molecule has 0 fully saturated rings. The highest BCUT2D eigenvalue weighted by Crippen LogP contribution is 2.49. The SMILES string of the molecule is CC1=CC(C)(C)C=C(c2ccn[nH]2)C1(Cc1ccc(Cl)cc1Cl)S(=O)(=O)O. The molecule has 2 aromatic rings. The molecule has 0 aliphatic heterocycles. The Labute approximate surface area is 168 Å². The standard InChI is InChI=1S/C19H20Cl2N2O3S/c1-12-9-18(2,3)11-15(17-6-7-22-23-17)19(12,27(24,25)26)10-13-4-5-14(20)8-16(13)21/h4-9,11H,10H2,1-3H3,(H,22,23)(H,24,25,26). The van der Waals surface area contributed by atoms with Crippen LogP contribution in [0.5, 0.6) is 0 Å². The first kappa shape index (κ1) is 20.1. The minimum atomic E-state index is -4.56. The lowest BCUT2D eigenvalue weighted by Crippen LogP contribution is -2.46. The van der Waals surface area contributed by atoms with E-state index in [4.69, 9.17) is 23.2 Å². The Balaban J connectivity index is 2.30. The number of aromatic nitrogens is 2. The van der Waals surface area contributed by atoms with Gasteiger partial charge in [-0.1, -0.05) is 55.3 Å². The third-order valence-electron chi connectivity index (χ3n) is 4.86. The summed E-state index contributed by atoms with van der Waals surface area (Å²) in [6.07, 6.45) is 5.20. The number of nitrogens with one attached hydrogen (secondary N) is 1. The summed E-state index contributed by atoms with van der Waals surface area (Å²) in [5.74, 6) is 0. The van der Waals surface area contributed by atoms with Crippen LogP contribution in [0.2, 0.25) is 10.0 Å². The van der Waals surface area contributed by atoms with Crippen molar-refractivity contribution in [2.24, 2.45) is 5.41 Å². The van der Waals surface area contributed by atoms with Gasteiger partial charge in [0.25, 0.3) is 10.1 Å². The second-order valence-corrected chi connectivity index (χ2v) is 9.88. The maximum atomic E-state index is 12.8. The van der Waals surface area contributed by atoms with E-state index in [1.807, 2.05) is 26.0 Å². The first-order valence-corrected chi connectivity index (χ1v) is 10.5. The molecule has 1 aromatic heterocycles. The van der Waals surface area contributed by atoms with Crippen LogP contribution in [0.4, 0.5) is 0 Å². The predicted molar refractivity (Wildman–Crippen MR) is 109 cm³/mol. The Hall–Kier alpha value is -1.60. The quantitative estimate of drug-likeness (QED) is 0.534. The van der Waals surface area contributed by atoms with Gasteiger partial charge in [-0.3, -0.25) is 9.65 Å². The molecule has 0 saturated carbocycles. The Morgan fingerprint density at radius 2 is 1.89 bits per heavy atom. The molecule has 2 N–H and O–H groups in total.